The molecule has 1 rings (SSSR count). The fourth-order valence-electron chi connectivity index (χ4n) is 0.954. The Bertz CT molecular complexity index is 405. The van der Waals surface area contributed by atoms with E-state index in [1.165, 1.54) is 24.7 Å². The van der Waals surface area contributed by atoms with Crippen molar-refractivity contribution in [3.05, 3.63) is 12.1 Å². The fourth-order valence-corrected chi connectivity index (χ4v) is 2.02. The van der Waals surface area contributed by atoms with Crippen LogP contribution < -0.4 is 5.73 Å². The van der Waals surface area contributed by atoms with E-state index >= 15 is 0 Å². The molecule has 2 N–H and O–H groups in total. The number of anilines is 1. The Morgan fingerprint density at radius 1 is 1.38 bits per heavy atom. The van der Waals surface area contributed by atoms with Crippen LogP contribution in [0.25, 0.3) is 0 Å². The third kappa shape index (κ3) is 1.54. The first-order valence-corrected chi connectivity index (χ1v) is 5.15. The van der Waals surface area contributed by atoms with Crippen LogP contribution in [-0.2, 0) is 17.1 Å². The van der Waals surface area contributed by atoms with Crippen LogP contribution in [0.4, 0.5) is 5.82 Å². The predicted molar refractivity (Wildman–Crippen MR) is 50.7 cm³/mol. The smallest absolute Gasteiger partial charge is 0.258 e. The van der Waals surface area contributed by atoms with Crippen LogP contribution in [0.2, 0.25) is 0 Å². The molecule has 0 saturated carbocycles. The summed E-state index contributed by atoms with van der Waals surface area (Å²) < 4.78 is 25.8. The lowest BCUT2D eigenvalue weighted by molar-refractivity contribution is 0.512. The zero-order valence-electron chi connectivity index (χ0n) is 7.85. The number of hydrogen-bond acceptors (Lipinski definition) is 3. The van der Waals surface area contributed by atoms with E-state index in [0.717, 1.165) is 4.31 Å². The molecule has 0 saturated heterocycles. The second-order valence-electron chi connectivity index (χ2n) is 2.94. The molecule has 0 aromatic carbocycles. The van der Waals surface area contributed by atoms with Gasteiger partial charge in [-0.25, -0.2) is 12.7 Å². The number of sulfonamides is 1. The third-order valence-electron chi connectivity index (χ3n) is 1.86. The molecule has 0 spiro atoms. The minimum atomic E-state index is -3.37. The Morgan fingerprint density at radius 2 is 1.92 bits per heavy atom. The van der Waals surface area contributed by atoms with E-state index in [1.807, 2.05) is 0 Å². The van der Waals surface area contributed by atoms with E-state index < -0.39 is 10.0 Å². The van der Waals surface area contributed by atoms with Crippen molar-refractivity contribution in [2.24, 2.45) is 7.05 Å². The lowest BCUT2D eigenvalue weighted by atomic mass is 10.6. The fraction of sp³-hybridized carbons (Fsp3) is 0.429. The van der Waals surface area contributed by atoms with Gasteiger partial charge in [-0.1, -0.05) is 0 Å². The first-order valence-electron chi connectivity index (χ1n) is 3.71. The molecule has 0 aliphatic carbocycles. The van der Waals surface area contributed by atoms with E-state index in [9.17, 15) is 8.42 Å². The summed E-state index contributed by atoms with van der Waals surface area (Å²) in [6.45, 7) is 0. The van der Waals surface area contributed by atoms with Gasteiger partial charge in [-0.05, 0) is 12.1 Å². The molecule has 0 aliphatic heterocycles. The number of nitrogen functional groups attached to an aromatic ring is 1. The number of hydrogen-bond donors (Lipinski definition) is 1. The van der Waals surface area contributed by atoms with Crippen molar-refractivity contribution in [2.45, 2.75) is 5.03 Å². The Morgan fingerprint density at radius 3 is 2.23 bits per heavy atom. The maximum atomic E-state index is 11.6. The van der Waals surface area contributed by atoms with E-state index in [-0.39, 0.29) is 5.03 Å². The second-order valence-corrected chi connectivity index (χ2v) is 5.04. The van der Waals surface area contributed by atoms with Gasteiger partial charge in [0.25, 0.3) is 10.0 Å². The summed E-state index contributed by atoms with van der Waals surface area (Å²) in [4.78, 5) is 0. The molecule has 0 amide bonds. The van der Waals surface area contributed by atoms with Gasteiger partial charge in [0, 0.05) is 21.1 Å². The predicted octanol–water partition coefficient (Wildman–Crippen LogP) is -0.142. The summed E-state index contributed by atoms with van der Waals surface area (Å²) in [6.07, 6.45) is 0. The summed E-state index contributed by atoms with van der Waals surface area (Å²) in [5.74, 6) is 0.431. The maximum absolute atomic E-state index is 11.6. The molecule has 1 aromatic heterocycles. The summed E-state index contributed by atoms with van der Waals surface area (Å²) in [6, 6.07) is 3.06. The van der Waals surface area contributed by atoms with Crippen LogP contribution in [0.5, 0.6) is 0 Å². The van der Waals surface area contributed by atoms with Crippen LogP contribution in [0, 0.1) is 0 Å². The number of nitrogens with two attached hydrogens (primary N) is 1. The van der Waals surface area contributed by atoms with Crippen molar-refractivity contribution in [1.29, 1.82) is 0 Å². The minimum Gasteiger partial charge on any atom is -0.385 e. The van der Waals surface area contributed by atoms with Gasteiger partial charge >= 0.3 is 0 Å². The summed E-state index contributed by atoms with van der Waals surface area (Å²) >= 11 is 0. The van der Waals surface area contributed by atoms with E-state index in [2.05, 4.69) is 0 Å². The van der Waals surface area contributed by atoms with Gasteiger partial charge in [0.1, 0.15) is 5.82 Å². The van der Waals surface area contributed by atoms with Crippen LogP contribution in [0.15, 0.2) is 17.2 Å². The zero-order chi connectivity index (χ0) is 10.2. The second kappa shape index (κ2) is 3.04. The average molecular weight is 203 g/mol. The van der Waals surface area contributed by atoms with Crippen molar-refractivity contribution in [3.8, 4) is 0 Å². The van der Waals surface area contributed by atoms with Crippen molar-refractivity contribution in [3.63, 3.8) is 0 Å². The molecular weight excluding hydrogens is 190 g/mol. The van der Waals surface area contributed by atoms with Gasteiger partial charge < -0.3 is 10.3 Å². The highest BCUT2D eigenvalue weighted by molar-refractivity contribution is 7.89. The standard InChI is InChI=1S/C7H13N3O2S/c1-9(2)13(11,12)7-5-4-6(8)10(7)3/h4-5H,8H2,1-3H3. The highest BCUT2D eigenvalue weighted by atomic mass is 32.2. The summed E-state index contributed by atoms with van der Waals surface area (Å²) in [5.41, 5.74) is 5.52. The average Bonchev–Trinajstić information content (AvgIpc) is 2.33. The molecule has 0 atom stereocenters. The molecule has 0 aliphatic rings. The Labute approximate surface area is 77.8 Å². The van der Waals surface area contributed by atoms with E-state index in [0.29, 0.717) is 5.82 Å². The molecule has 13 heavy (non-hydrogen) atoms. The number of aromatic nitrogens is 1. The van der Waals surface area contributed by atoms with Gasteiger partial charge in [0.05, 0.1) is 0 Å². The van der Waals surface area contributed by atoms with Crippen LogP contribution in [0.1, 0.15) is 0 Å². The molecule has 0 fully saturated rings. The summed E-state index contributed by atoms with van der Waals surface area (Å²) in [7, 11) is 1.22. The normalized spacial score (nSPS) is 12.3. The molecule has 0 bridgehead atoms. The Balaban J connectivity index is 3.32. The Hall–Kier alpha value is -1.01. The van der Waals surface area contributed by atoms with E-state index in [1.54, 1.807) is 13.1 Å². The van der Waals surface area contributed by atoms with Gasteiger partial charge in [0.2, 0.25) is 0 Å². The minimum absolute atomic E-state index is 0.204. The van der Waals surface area contributed by atoms with Gasteiger partial charge in [0.15, 0.2) is 5.03 Å². The third-order valence-corrected chi connectivity index (χ3v) is 3.76. The molecule has 0 radical (unpaired) electrons. The lowest BCUT2D eigenvalue weighted by Gasteiger charge is -2.11. The highest BCUT2D eigenvalue weighted by Crippen LogP contribution is 2.16. The quantitative estimate of drug-likeness (QED) is 0.727. The topological polar surface area (TPSA) is 68.3 Å². The maximum Gasteiger partial charge on any atom is 0.258 e. The van der Waals surface area contributed by atoms with E-state index in [4.69, 9.17) is 5.73 Å². The van der Waals surface area contributed by atoms with Crippen molar-refractivity contribution >= 4 is 15.8 Å². The first-order chi connectivity index (χ1) is 5.87. The molecule has 1 aromatic rings. The molecule has 0 unspecified atom stereocenters. The van der Waals surface area contributed by atoms with Crippen molar-refractivity contribution in [1.82, 2.24) is 8.87 Å². The molecule has 6 heteroatoms. The van der Waals surface area contributed by atoms with Crippen LogP contribution in [-0.4, -0.2) is 31.4 Å². The van der Waals surface area contributed by atoms with Gasteiger partial charge in [-0.15, -0.1) is 0 Å². The Kier molecular flexibility index (Phi) is 2.36. The number of nitrogens with zero attached hydrogens (tertiary/aromatic N) is 2. The monoisotopic (exact) mass is 203 g/mol. The molecule has 1 heterocycles. The van der Waals surface area contributed by atoms with Crippen molar-refractivity contribution in [2.75, 3.05) is 19.8 Å². The molecule has 5 nitrogen and oxygen atoms in total. The summed E-state index contributed by atoms with van der Waals surface area (Å²) in [5, 5.41) is 0.204. The van der Waals surface area contributed by atoms with Gasteiger partial charge in [-0.2, -0.15) is 0 Å². The SMILES string of the molecule is CN(C)S(=O)(=O)c1ccc(N)n1C. The van der Waals surface area contributed by atoms with Crippen LogP contribution in [0.3, 0.4) is 0 Å². The zero-order valence-corrected chi connectivity index (χ0v) is 8.67. The van der Waals surface area contributed by atoms with Gasteiger partial charge in [-0.3, -0.25) is 0 Å². The lowest BCUT2D eigenvalue weighted by Crippen LogP contribution is -2.24. The first kappa shape index (κ1) is 10.1. The molecular formula is C7H13N3O2S. The highest BCUT2D eigenvalue weighted by Gasteiger charge is 2.20. The van der Waals surface area contributed by atoms with Crippen molar-refractivity contribution < 1.29 is 8.42 Å². The molecule has 74 valence electrons. The largest absolute Gasteiger partial charge is 0.385 e. The number of rotatable bonds is 2. The van der Waals surface area contributed by atoms with Crippen LogP contribution >= 0.6 is 0 Å².